The average Bonchev–Trinajstić information content (AvgIpc) is 2.42. The highest BCUT2D eigenvalue weighted by molar-refractivity contribution is 7.98. The fourth-order valence-electron chi connectivity index (χ4n) is 1.85. The van der Waals surface area contributed by atoms with Gasteiger partial charge in [0.2, 0.25) is 0 Å². The lowest BCUT2D eigenvalue weighted by Crippen LogP contribution is -1.85. The minimum Gasteiger partial charge on any atom is -0.157 e. The van der Waals surface area contributed by atoms with Crippen LogP contribution in [0, 0.1) is 0 Å². The normalized spacial score (nSPS) is 10.4. The van der Waals surface area contributed by atoms with Crippen LogP contribution in [0.15, 0.2) is 40.9 Å². The van der Waals surface area contributed by atoms with Gasteiger partial charge in [0.1, 0.15) is 4.49 Å². The zero-order valence-electron chi connectivity index (χ0n) is 11.3. The first-order chi connectivity index (χ1) is 9.29. The molecule has 0 fully saturated rings. The highest BCUT2D eigenvalue weighted by Gasteiger charge is 1.94. The van der Waals surface area contributed by atoms with Crippen LogP contribution in [0.2, 0.25) is 0 Å². The Bertz CT molecular complexity index is 345. The van der Waals surface area contributed by atoms with Gasteiger partial charge in [0, 0.05) is 5.75 Å². The molecular weight excluding hydrogens is 295 g/mol. The van der Waals surface area contributed by atoms with Gasteiger partial charge in [-0.15, -0.1) is 0 Å². The number of unbranched alkanes of at least 4 members (excludes halogenated alkanes) is 5. The van der Waals surface area contributed by atoms with Crippen molar-refractivity contribution in [3.05, 3.63) is 46.5 Å². The first kappa shape index (κ1) is 16.9. The van der Waals surface area contributed by atoms with E-state index in [2.05, 4.69) is 30.3 Å². The highest BCUT2D eigenvalue weighted by Crippen LogP contribution is 2.15. The third kappa shape index (κ3) is 10.4. The number of halogens is 2. The van der Waals surface area contributed by atoms with E-state index in [1.807, 2.05) is 17.8 Å². The summed E-state index contributed by atoms with van der Waals surface area (Å²) in [7, 11) is 0. The molecule has 0 heterocycles. The van der Waals surface area contributed by atoms with Gasteiger partial charge in [-0.05, 0) is 30.6 Å². The Kier molecular flexibility index (Phi) is 10.4. The van der Waals surface area contributed by atoms with E-state index < -0.39 is 0 Å². The standard InChI is InChI=1S/C16H22Cl2S/c17-16(18)12-8-3-1-2-4-9-13-19-14-15-10-6-5-7-11-15/h5-7,10-12H,1-4,8-9,13-14H2. The molecule has 0 aliphatic carbocycles. The molecule has 106 valence electrons. The summed E-state index contributed by atoms with van der Waals surface area (Å²) in [6.45, 7) is 0. The first-order valence-corrected chi connectivity index (χ1v) is 8.83. The molecule has 1 aromatic rings. The van der Waals surface area contributed by atoms with Crippen LogP contribution < -0.4 is 0 Å². The van der Waals surface area contributed by atoms with Gasteiger partial charge in [-0.1, -0.05) is 78.9 Å². The van der Waals surface area contributed by atoms with Crippen LogP contribution in [0.25, 0.3) is 0 Å². The maximum Gasteiger partial charge on any atom is 0.102 e. The van der Waals surface area contributed by atoms with Crippen molar-refractivity contribution >= 4 is 35.0 Å². The Morgan fingerprint density at radius 2 is 1.63 bits per heavy atom. The van der Waals surface area contributed by atoms with E-state index in [0.29, 0.717) is 4.49 Å². The molecule has 0 aliphatic heterocycles. The Labute approximate surface area is 131 Å². The predicted molar refractivity (Wildman–Crippen MR) is 90.1 cm³/mol. The highest BCUT2D eigenvalue weighted by atomic mass is 35.5. The molecule has 0 aliphatic rings. The molecule has 19 heavy (non-hydrogen) atoms. The Morgan fingerprint density at radius 3 is 2.37 bits per heavy atom. The van der Waals surface area contributed by atoms with Crippen LogP contribution in [0.4, 0.5) is 0 Å². The van der Waals surface area contributed by atoms with Gasteiger partial charge in [-0.25, -0.2) is 0 Å². The molecular formula is C16H22Cl2S. The van der Waals surface area contributed by atoms with Crippen LogP contribution in [0.5, 0.6) is 0 Å². The molecule has 0 N–H and O–H groups in total. The Balaban J connectivity index is 1.85. The smallest absolute Gasteiger partial charge is 0.102 e. The van der Waals surface area contributed by atoms with Crippen LogP contribution >= 0.6 is 35.0 Å². The lowest BCUT2D eigenvalue weighted by molar-refractivity contribution is 0.640. The lowest BCUT2D eigenvalue weighted by Gasteiger charge is -2.02. The number of rotatable bonds is 10. The summed E-state index contributed by atoms with van der Waals surface area (Å²) in [5.41, 5.74) is 1.43. The van der Waals surface area contributed by atoms with Crippen molar-refractivity contribution in [1.82, 2.24) is 0 Å². The van der Waals surface area contributed by atoms with Crippen LogP contribution in [0.3, 0.4) is 0 Å². The third-order valence-electron chi connectivity index (χ3n) is 2.90. The Hall–Kier alpha value is -0.110. The van der Waals surface area contributed by atoms with Crippen molar-refractivity contribution in [3.63, 3.8) is 0 Å². The summed E-state index contributed by atoms with van der Waals surface area (Å²) >= 11 is 13.1. The van der Waals surface area contributed by atoms with E-state index in [-0.39, 0.29) is 0 Å². The zero-order valence-corrected chi connectivity index (χ0v) is 13.6. The number of hydrogen-bond donors (Lipinski definition) is 0. The zero-order chi connectivity index (χ0) is 13.8. The Morgan fingerprint density at radius 1 is 0.947 bits per heavy atom. The summed E-state index contributed by atoms with van der Waals surface area (Å²) in [6.07, 6.45) is 9.34. The summed E-state index contributed by atoms with van der Waals surface area (Å²) in [4.78, 5) is 0. The molecule has 0 bridgehead atoms. The second-order valence-corrected chi connectivity index (χ2v) is 6.70. The van der Waals surface area contributed by atoms with E-state index >= 15 is 0 Å². The molecule has 0 atom stereocenters. The molecule has 0 nitrogen and oxygen atoms in total. The fraction of sp³-hybridized carbons (Fsp3) is 0.500. The third-order valence-corrected chi connectivity index (χ3v) is 4.33. The van der Waals surface area contributed by atoms with Crippen molar-refractivity contribution in [2.75, 3.05) is 5.75 Å². The summed E-state index contributed by atoms with van der Waals surface area (Å²) in [5, 5.41) is 0. The molecule has 0 saturated carbocycles. The van der Waals surface area contributed by atoms with Crippen LogP contribution in [0.1, 0.15) is 44.1 Å². The quantitative estimate of drug-likeness (QED) is 0.439. The van der Waals surface area contributed by atoms with E-state index in [9.17, 15) is 0 Å². The van der Waals surface area contributed by atoms with E-state index in [0.717, 1.165) is 12.2 Å². The predicted octanol–water partition coefficient (Wildman–Crippen LogP) is 6.58. The molecule has 0 amide bonds. The van der Waals surface area contributed by atoms with Gasteiger partial charge >= 0.3 is 0 Å². The van der Waals surface area contributed by atoms with Crippen molar-refractivity contribution in [2.45, 2.75) is 44.3 Å². The first-order valence-electron chi connectivity index (χ1n) is 6.92. The summed E-state index contributed by atoms with van der Waals surface area (Å²) in [5.74, 6) is 2.40. The fourth-order valence-corrected chi connectivity index (χ4v) is 3.05. The molecule has 0 unspecified atom stereocenters. The second kappa shape index (κ2) is 11.7. The average molecular weight is 317 g/mol. The molecule has 0 aromatic heterocycles. The molecule has 0 saturated heterocycles. The maximum absolute atomic E-state index is 5.55. The van der Waals surface area contributed by atoms with Crippen molar-refractivity contribution in [2.24, 2.45) is 0 Å². The SMILES string of the molecule is ClC(Cl)=CCCCCCCCSCc1ccccc1. The summed E-state index contributed by atoms with van der Waals surface area (Å²) < 4.78 is 0.400. The number of hydrogen-bond acceptors (Lipinski definition) is 1. The van der Waals surface area contributed by atoms with Gasteiger partial charge in [0.25, 0.3) is 0 Å². The van der Waals surface area contributed by atoms with Crippen LogP contribution in [-0.2, 0) is 5.75 Å². The second-order valence-electron chi connectivity index (χ2n) is 4.59. The number of allylic oxidation sites excluding steroid dienone is 1. The van der Waals surface area contributed by atoms with Gasteiger partial charge in [-0.3, -0.25) is 0 Å². The minimum atomic E-state index is 0.400. The van der Waals surface area contributed by atoms with E-state index in [1.165, 1.54) is 43.4 Å². The monoisotopic (exact) mass is 316 g/mol. The minimum absolute atomic E-state index is 0.400. The molecule has 1 rings (SSSR count). The molecule has 0 radical (unpaired) electrons. The van der Waals surface area contributed by atoms with Gasteiger partial charge < -0.3 is 0 Å². The van der Waals surface area contributed by atoms with Crippen molar-refractivity contribution in [1.29, 1.82) is 0 Å². The van der Waals surface area contributed by atoms with Crippen molar-refractivity contribution in [3.8, 4) is 0 Å². The van der Waals surface area contributed by atoms with Crippen molar-refractivity contribution < 1.29 is 0 Å². The van der Waals surface area contributed by atoms with Crippen LogP contribution in [-0.4, -0.2) is 5.75 Å². The van der Waals surface area contributed by atoms with Gasteiger partial charge in [-0.2, -0.15) is 11.8 Å². The molecule has 0 spiro atoms. The maximum atomic E-state index is 5.55. The molecule has 1 aromatic carbocycles. The van der Waals surface area contributed by atoms with E-state index in [1.54, 1.807) is 0 Å². The topological polar surface area (TPSA) is 0 Å². The number of benzene rings is 1. The lowest BCUT2D eigenvalue weighted by atomic mass is 10.1. The van der Waals surface area contributed by atoms with E-state index in [4.69, 9.17) is 23.2 Å². The number of thioether (sulfide) groups is 1. The summed E-state index contributed by atoms with van der Waals surface area (Å²) in [6, 6.07) is 10.7. The van der Waals surface area contributed by atoms with Gasteiger partial charge in [0.05, 0.1) is 0 Å². The van der Waals surface area contributed by atoms with Gasteiger partial charge in [0.15, 0.2) is 0 Å². The largest absolute Gasteiger partial charge is 0.157 e. The molecule has 3 heteroatoms.